The quantitative estimate of drug-likeness (QED) is 0.748. The third-order valence-corrected chi connectivity index (χ3v) is 4.21. The van der Waals surface area contributed by atoms with Gasteiger partial charge in [-0.1, -0.05) is 30.3 Å². The molecule has 5 nitrogen and oxygen atoms in total. The third kappa shape index (κ3) is 1.81. The van der Waals surface area contributed by atoms with E-state index in [1.165, 1.54) is 0 Å². The molecule has 3 saturated heterocycles. The van der Waals surface area contributed by atoms with E-state index >= 15 is 0 Å². The maximum absolute atomic E-state index is 10.3. The van der Waals surface area contributed by atoms with Gasteiger partial charge in [0.2, 0.25) is 0 Å². The lowest BCUT2D eigenvalue weighted by atomic mass is 10.0. The van der Waals surface area contributed by atoms with Crippen LogP contribution in [0.2, 0.25) is 0 Å². The van der Waals surface area contributed by atoms with Gasteiger partial charge >= 0.3 is 0 Å². The van der Waals surface area contributed by atoms with Gasteiger partial charge in [0.1, 0.15) is 24.5 Å². The molecule has 0 aromatic heterocycles. The minimum atomic E-state index is -0.510. The van der Waals surface area contributed by atoms with Crippen LogP contribution in [0.15, 0.2) is 30.3 Å². The van der Waals surface area contributed by atoms with Crippen molar-refractivity contribution >= 4 is 0 Å². The third-order valence-electron chi connectivity index (χ3n) is 4.21. The van der Waals surface area contributed by atoms with Crippen molar-refractivity contribution in [2.75, 3.05) is 13.7 Å². The van der Waals surface area contributed by atoms with Gasteiger partial charge in [0.05, 0.1) is 12.6 Å². The highest BCUT2D eigenvalue weighted by Crippen LogP contribution is 2.42. The van der Waals surface area contributed by atoms with Gasteiger partial charge in [0.25, 0.3) is 0 Å². The molecular weight excluding hydrogens is 246 g/mol. The van der Waals surface area contributed by atoms with Crippen LogP contribution in [0.4, 0.5) is 0 Å². The molecule has 19 heavy (non-hydrogen) atoms. The van der Waals surface area contributed by atoms with Crippen molar-refractivity contribution in [1.29, 1.82) is 0 Å². The lowest BCUT2D eigenvalue weighted by molar-refractivity contribution is -0.296. The number of benzene rings is 1. The molecule has 7 atom stereocenters. The number of rotatable bonds is 1. The van der Waals surface area contributed by atoms with Crippen LogP contribution in [-0.4, -0.2) is 54.2 Å². The Hall–Kier alpha value is -0.980. The van der Waals surface area contributed by atoms with Gasteiger partial charge in [-0.25, -0.2) is 0 Å². The second-order valence-electron chi connectivity index (χ2n) is 5.39. The van der Waals surface area contributed by atoms with Crippen LogP contribution in [0.5, 0.6) is 0 Å². The average Bonchev–Trinajstić information content (AvgIpc) is 3.10. The monoisotopic (exact) mass is 263 g/mol. The predicted molar refractivity (Wildman–Crippen MR) is 66.2 cm³/mol. The second-order valence-corrected chi connectivity index (χ2v) is 5.39. The number of nitrogens with zero attached hydrogens (tertiary/aromatic N) is 1. The van der Waals surface area contributed by atoms with Gasteiger partial charge in [0.15, 0.2) is 6.29 Å². The first-order valence-corrected chi connectivity index (χ1v) is 6.63. The highest BCUT2D eigenvalue weighted by Gasteiger charge is 2.60. The summed E-state index contributed by atoms with van der Waals surface area (Å²) >= 11 is 0. The zero-order chi connectivity index (χ0) is 13.0. The normalized spacial score (nSPS) is 48.2. The van der Waals surface area contributed by atoms with E-state index in [-0.39, 0.29) is 24.5 Å². The predicted octanol–water partition coefficient (Wildman–Crippen LogP) is 0.500. The van der Waals surface area contributed by atoms with Gasteiger partial charge in [0, 0.05) is 5.56 Å². The number of likely N-dealkylation sites (N-methyl/N-ethyl adjacent to an activating group) is 1. The van der Waals surface area contributed by atoms with Crippen LogP contribution < -0.4 is 0 Å². The van der Waals surface area contributed by atoms with E-state index in [0.29, 0.717) is 6.61 Å². The Morgan fingerprint density at radius 2 is 2.00 bits per heavy atom. The number of aliphatic hydroxyl groups is 1. The van der Waals surface area contributed by atoms with E-state index in [0.717, 1.165) is 5.56 Å². The minimum Gasteiger partial charge on any atom is -0.389 e. The number of fused-ring (bicyclic) bond motifs is 2. The maximum Gasteiger partial charge on any atom is 0.184 e. The molecule has 0 bridgehead atoms. The summed E-state index contributed by atoms with van der Waals surface area (Å²) in [4.78, 5) is 2.02. The molecular formula is C14H17NO4. The average molecular weight is 263 g/mol. The molecule has 1 aromatic rings. The van der Waals surface area contributed by atoms with Crippen molar-refractivity contribution in [3.63, 3.8) is 0 Å². The number of aliphatic hydroxyl groups excluding tert-OH is 1. The number of hydrogen-bond donors (Lipinski definition) is 1. The molecule has 3 fully saturated rings. The Morgan fingerprint density at radius 1 is 1.21 bits per heavy atom. The molecule has 0 aliphatic carbocycles. The van der Waals surface area contributed by atoms with Gasteiger partial charge < -0.3 is 19.3 Å². The molecule has 0 radical (unpaired) electrons. The summed E-state index contributed by atoms with van der Waals surface area (Å²) in [5.74, 6) is 0. The molecule has 102 valence electrons. The molecule has 4 rings (SSSR count). The van der Waals surface area contributed by atoms with Crippen LogP contribution in [-0.2, 0) is 14.2 Å². The second kappa shape index (κ2) is 4.26. The molecule has 1 aromatic carbocycles. The topological polar surface area (TPSA) is 50.9 Å². The molecule has 3 aliphatic heterocycles. The van der Waals surface area contributed by atoms with E-state index in [1.54, 1.807) is 0 Å². The van der Waals surface area contributed by atoms with Crippen molar-refractivity contribution in [1.82, 2.24) is 4.90 Å². The van der Waals surface area contributed by atoms with Crippen molar-refractivity contribution < 1.29 is 19.3 Å². The molecule has 0 amide bonds. The fourth-order valence-electron chi connectivity index (χ4n) is 3.04. The van der Waals surface area contributed by atoms with Crippen molar-refractivity contribution in [3.05, 3.63) is 35.9 Å². The highest BCUT2D eigenvalue weighted by molar-refractivity contribution is 5.17. The molecule has 1 N–H and O–H groups in total. The summed E-state index contributed by atoms with van der Waals surface area (Å²) in [6.45, 7) is 0.457. The zero-order valence-electron chi connectivity index (χ0n) is 10.7. The summed E-state index contributed by atoms with van der Waals surface area (Å²) in [7, 11) is 1.95. The summed E-state index contributed by atoms with van der Waals surface area (Å²) in [5.41, 5.74) is 0.972. The highest BCUT2D eigenvalue weighted by atomic mass is 16.7. The fraction of sp³-hybridized carbons (Fsp3) is 0.571. The van der Waals surface area contributed by atoms with Crippen LogP contribution >= 0.6 is 0 Å². The van der Waals surface area contributed by atoms with E-state index in [9.17, 15) is 5.11 Å². The summed E-state index contributed by atoms with van der Waals surface area (Å²) < 4.78 is 17.5. The molecule has 5 heteroatoms. The summed E-state index contributed by atoms with van der Waals surface area (Å²) in [6, 6.07) is 9.85. The van der Waals surface area contributed by atoms with Gasteiger partial charge in [-0.15, -0.1) is 0 Å². The van der Waals surface area contributed by atoms with Crippen LogP contribution in [0.3, 0.4) is 0 Å². The molecule has 3 aliphatic rings. The Bertz CT molecular complexity index is 466. The minimum absolute atomic E-state index is 0.0247. The Kier molecular flexibility index (Phi) is 2.65. The first-order chi connectivity index (χ1) is 9.25. The van der Waals surface area contributed by atoms with Gasteiger partial charge in [-0.3, -0.25) is 4.90 Å². The molecule has 0 saturated carbocycles. The first kappa shape index (κ1) is 11.8. The van der Waals surface area contributed by atoms with Crippen LogP contribution in [0.25, 0.3) is 0 Å². The van der Waals surface area contributed by atoms with Crippen molar-refractivity contribution in [2.24, 2.45) is 0 Å². The number of ether oxygens (including phenoxy) is 3. The molecule has 0 spiro atoms. The van der Waals surface area contributed by atoms with E-state index in [1.807, 2.05) is 42.3 Å². The largest absolute Gasteiger partial charge is 0.389 e. The molecule has 3 heterocycles. The van der Waals surface area contributed by atoms with Crippen LogP contribution in [0.1, 0.15) is 11.9 Å². The van der Waals surface area contributed by atoms with Gasteiger partial charge in [-0.05, 0) is 7.05 Å². The van der Waals surface area contributed by atoms with Crippen molar-refractivity contribution in [2.45, 2.75) is 36.9 Å². The number of hydrogen-bond acceptors (Lipinski definition) is 5. The maximum atomic E-state index is 10.3. The zero-order valence-corrected chi connectivity index (χ0v) is 10.7. The van der Waals surface area contributed by atoms with Crippen molar-refractivity contribution in [3.8, 4) is 0 Å². The standard InChI is InChI=1S/C14H17NO4/c1-15-10-11(16)12-9(18-13(10)15)7-17-14(19-12)8-5-3-2-4-6-8/h2-6,9-14,16H,7H2,1H3/t9?,10?,11-,12-,13+,14?,15?/m1/s1. The Morgan fingerprint density at radius 3 is 2.79 bits per heavy atom. The van der Waals surface area contributed by atoms with E-state index in [4.69, 9.17) is 14.2 Å². The SMILES string of the molecule is CN1C2[C@@H](O)[C@@H]3OC(c4ccccc4)OCC3O[C@@H]21. The summed E-state index contributed by atoms with van der Waals surface area (Å²) in [6.07, 6.45) is -1.40. The first-order valence-electron chi connectivity index (χ1n) is 6.63. The molecule has 4 unspecified atom stereocenters. The Labute approximate surface area is 111 Å². The summed E-state index contributed by atoms with van der Waals surface area (Å²) in [5, 5.41) is 10.3. The lowest BCUT2D eigenvalue weighted by Gasteiger charge is -2.40. The Balaban J connectivity index is 1.53. The lowest BCUT2D eigenvalue weighted by Crippen LogP contribution is -2.54. The van der Waals surface area contributed by atoms with E-state index < -0.39 is 12.4 Å². The van der Waals surface area contributed by atoms with E-state index in [2.05, 4.69) is 0 Å². The fourth-order valence-corrected chi connectivity index (χ4v) is 3.04. The van der Waals surface area contributed by atoms with Crippen LogP contribution in [0, 0.1) is 0 Å². The smallest absolute Gasteiger partial charge is 0.184 e. The van der Waals surface area contributed by atoms with Gasteiger partial charge in [-0.2, -0.15) is 0 Å².